The van der Waals surface area contributed by atoms with Gasteiger partial charge in [-0.15, -0.1) is 0 Å². The molecule has 0 bridgehead atoms. The quantitative estimate of drug-likeness (QED) is 0.0320. The Morgan fingerprint density at radius 2 is 0.644 bits per heavy atom. The summed E-state index contributed by atoms with van der Waals surface area (Å²) in [7, 11) is 0. The molecule has 0 aromatic rings. The topological polar surface area (TPSA) is 95.9 Å². The van der Waals surface area contributed by atoms with E-state index in [1.807, 2.05) is 0 Å². The SMILES string of the molecule is CCCCC/C=C\CCCCCCCC(=O)OCCCCCCCCCCCCCC/C=C\CCCCCCCCCCCCC(=O)NC(CO)C(O)CCCCCCCCCCCCCCCCCCCC. The molecule has 0 aliphatic carbocycles. The predicted molar refractivity (Wildman–Crippen MR) is 320 cm³/mol. The van der Waals surface area contributed by atoms with E-state index >= 15 is 0 Å². The molecule has 0 saturated heterocycles. The minimum atomic E-state index is -0.666. The Bertz CT molecular complexity index is 1140. The molecule has 0 radical (unpaired) electrons. The van der Waals surface area contributed by atoms with Gasteiger partial charge in [0.2, 0.25) is 5.91 Å². The van der Waals surface area contributed by atoms with Crippen LogP contribution < -0.4 is 5.32 Å². The molecule has 0 spiro atoms. The van der Waals surface area contributed by atoms with Crippen LogP contribution in [-0.4, -0.2) is 47.4 Å². The summed E-state index contributed by atoms with van der Waals surface area (Å²) < 4.78 is 5.47. The number of amides is 1. The molecule has 0 aromatic heterocycles. The van der Waals surface area contributed by atoms with E-state index in [1.54, 1.807) is 0 Å². The van der Waals surface area contributed by atoms with Crippen LogP contribution in [-0.2, 0) is 14.3 Å². The lowest BCUT2D eigenvalue weighted by atomic mass is 10.0. The number of unbranched alkanes of at least 4 members (excludes halogenated alkanes) is 47. The zero-order valence-corrected chi connectivity index (χ0v) is 49.4. The third kappa shape index (κ3) is 59.4. The summed E-state index contributed by atoms with van der Waals surface area (Å²) in [6.45, 7) is 4.95. The highest BCUT2D eigenvalue weighted by Gasteiger charge is 2.20. The van der Waals surface area contributed by atoms with E-state index in [-0.39, 0.29) is 18.5 Å². The Morgan fingerprint density at radius 1 is 0.370 bits per heavy atom. The summed E-state index contributed by atoms with van der Waals surface area (Å²) in [5.41, 5.74) is 0. The number of carbonyl (C=O) groups is 2. The van der Waals surface area contributed by atoms with E-state index in [0.29, 0.717) is 25.9 Å². The fourth-order valence-electron chi connectivity index (χ4n) is 10.4. The molecular formula is C67H129NO5. The Balaban J connectivity index is 3.39. The van der Waals surface area contributed by atoms with Gasteiger partial charge < -0.3 is 20.3 Å². The lowest BCUT2D eigenvalue weighted by molar-refractivity contribution is -0.143. The lowest BCUT2D eigenvalue weighted by Gasteiger charge is -2.22. The van der Waals surface area contributed by atoms with E-state index in [0.717, 1.165) is 44.9 Å². The van der Waals surface area contributed by atoms with Crippen LogP contribution in [0.3, 0.4) is 0 Å². The van der Waals surface area contributed by atoms with Crippen LogP contribution in [0.15, 0.2) is 24.3 Å². The number of carbonyl (C=O) groups excluding carboxylic acids is 2. The number of ether oxygens (including phenoxy) is 1. The summed E-state index contributed by atoms with van der Waals surface area (Å²) in [5.74, 6) is -0.0289. The van der Waals surface area contributed by atoms with Crippen molar-refractivity contribution in [3.8, 4) is 0 Å². The van der Waals surface area contributed by atoms with Crippen molar-refractivity contribution in [3.63, 3.8) is 0 Å². The van der Waals surface area contributed by atoms with Crippen LogP contribution in [0.4, 0.5) is 0 Å². The standard InChI is InChI=1S/C67H129NO5/c1-3-5-7-9-11-13-15-17-18-19-30-33-36-39-43-47-51-55-59-65(70)64(63-69)68-66(71)60-56-52-48-44-40-37-34-31-28-26-24-22-20-21-23-25-27-29-32-35-38-42-46-50-54-58-62-73-67(72)61-57-53-49-45-41-16-14-12-10-8-6-4-2/h12,14,20,22,64-65,69-70H,3-11,13,15-19,21,23-63H2,1-2H3,(H,68,71)/b14-12-,22-20-. The minimum Gasteiger partial charge on any atom is -0.466 e. The highest BCUT2D eigenvalue weighted by atomic mass is 16.5. The molecule has 0 aliphatic heterocycles. The fourth-order valence-corrected chi connectivity index (χ4v) is 10.4. The van der Waals surface area contributed by atoms with E-state index < -0.39 is 12.1 Å². The third-order valence-electron chi connectivity index (χ3n) is 15.5. The minimum absolute atomic E-state index is 0.00467. The van der Waals surface area contributed by atoms with Crippen molar-refractivity contribution < 1.29 is 24.5 Å². The van der Waals surface area contributed by atoms with Gasteiger partial charge in [-0.05, 0) is 77.0 Å². The van der Waals surface area contributed by atoms with Crippen molar-refractivity contribution in [1.29, 1.82) is 0 Å². The molecule has 2 unspecified atom stereocenters. The zero-order chi connectivity index (χ0) is 52.9. The maximum absolute atomic E-state index is 12.5. The van der Waals surface area contributed by atoms with E-state index in [9.17, 15) is 19.8 Å². The number of esters is 1. The number of allylic oxidation sites excluding steroid dienone is 4. The number of nitrogens with one attached hydrogen (secondary N) is 1. The first-order chi connectivity index (χ1) is 36.0. The molecule has 1 amide bonds. The molecule has 6 heteroatoms. The van der Waals surface area contributed by atoms with E-state index in [1.165, 1.54) is 289 Å². The first kappa shape index (κ1) is 71.3. The molecule has 0 rings (SSSR count). The van der Waals surface area contributed by atoms with Crippen molar-refractivity contribution >= 4 is 11.9 Å². The molecule has 0 saturated carbocycles. The van der Waals surface area contributed by atoms with Crippen LogP contribution in [0, 0.1) is 0 Å². The first-order valence-corrected chi connectivity index (χ1v) is 33.1. The summed E-state index contributed by atoms with van der Waals surface area (Å²) in [5, 5.41) is 23.4. The molecule has 2 atom stereocenters. The summed E-state index contributed by atoms with van der Waals surface area (Å²) >= 11 is 0. The van der Waals surface area contributed by atoms with Crippen LogP contribution in [0.1, 0.15) is 367 Å². The molecule has 0 aliphatic rings. The smallest absolute Gasteiger partial charge is 0.305 e. The summed E-state index contributed by atoms with van der Waals surface area (Å²) in [6, 6.07) is -0.543. The maximum Gasteiger partial charge on any atom is 0.305 e. The second-order valence-electron chi connectivity index (χ2n) is 22.8. The zero-order valence-electron chi connectivity index (χ0n) is 49.4. The summed E-state index contributed by atoms with van der Waals surface area (Å²) in [6.07, 6.45) is 77.8. The molecular weight excluding hydrogens is 899 g/mol. The fraction of sp³-hybridized carbons (Fsp3) is 0.910. The van der Waals surface area contributed by atoms with Crippen LogP contribution in [0.25, 0.3) is 0 Å². The first-order valence-electron chi connectivity index (χ1n) is 33.1. The van der Waals surface area contributed by atoms with Gasteiger partial charge in [-0.25, -0.2) is 0 Å². The van der Waals surface area contributed by atoms with Crippen LogP contribution in [0.5, 0.6) is 0 Å². The number of rotatable bonds is 62. The van der Waals surface area contributed by atoms with Gasteiger partial charge in [0.15, 0.2) is 0 Å². The largest absolute Gasteiger partial charge is 0.466 e. The van der Waals surface area contributed by atoms with E-state index in [4.69, 9.17) is 4.74 Å². The highest BCUT2D eigenvalue weighted by Crippen LogP contribution is 2.18. The molecule has 3 N–H and O–H groups in total. The van der Waals surface area contributed by atoms with Crippen molar-refractivity contribution in [2.75, 3.05) is 13.2 Å². The van der Waals surface area contributed by atoms with Gasteiger partial charge >= 0.3 is 5.97 Å². The maximum atomic E-state index is 12.5. The van der Waals surface area contributed by atoms with Crippen LogP contribution in [0.2, 0.25) is 0 Å². The Labute approximate surface area is 456 Å². The van der Waals surface area contributed by atoms with Gasteiger partial charge in [0.05, 0.1) is 25.4 Å². The predicted octanol–water partition coefficient (Wildman–Crippen LogP) is 21.0. The van der Waals surface area contributed by atoms with Gasteiger partial charge in [0.25, 0.3) is 0 Å². The number of hydrogen-bond donors (Lipinski definition) is 3. The molecule has 0 fully saturated rings. The van der Waals surface area contributed by atoms with Crippen molar-refractivity contribution in [3.05, 3.63) is 24.3 Å². The molecule has 6 nitrogen and oxygen atoms in total. The van der Waals surface area contributed by atoms with Crippen molar-refractivity contribution in [2.45, 2.75) is 379 Å². The van der Waals surface area contributed by atoms with E-state index in [2.05, 4.69) is 43.5 Å². The number of aliphatic hydroxyl groups is 2. The monoisotopic (exact) mass is 1030 g/mol. The average molecular weight is 1030 g/mol. The second kappa shape index (κ2) is 62.9. The van der Waals surface area contributed by atoms with Gasteiger partial charge in [0, 0.05) is 12.8 Å². The Kier molecular flexibility index (Phi) is 61.4. The van der Waals surface area contributed by atoms with Gasteiger partial charge in [0.1, 0.15) is 0 Å². The van der Waals surface area contributed by atoms with Gasteiger partial charge in [-0.2, -0.15) is 0 Å². The molecule has 432 valence electrons. The van der Waals surface area contributed by atoms with Gasteiger partial charge in [-0.3, -0.25) is 9.59 Å². The highest BCUT2D eigenvalue weighted by molar-refractivity contribution is 5.76. The average Bonchev–Trinajstić information content (AvgIpc) is 3.39. The number of hydrogen-bond acceptors (Lipinski definition) is 5. The second-order valence-corrected chi connectivity index (χ2v) is 22.8. The van der Waals surface area contributed by atoms with Gasteiger partial charge in [-0.1, -0.05) is 301 Å². The van der Waals surface area contributed by atoms with Crippen molar-refractivity contribution in [2.24, 2.45) is 0 Å². The normalized spacial score (nSPS) is 12.7. The Hall–Kier alpha value is -1.66. The van der Waals surface area contributed by atoms with Crippen LogP contribution >= 0.6 is 0 Å². The molecule has 73 heavy (non-hydrogen) atoms. The molecule has 0 heterocycles. The lowest BCUT2D eigenvalue weighted by Crippen LogP contribution is -2.45. The Morgan fingerprint density at radius 3 is 1.00 bits per heavy atom. The molecule has 0 aromatic carbocycles. The number of aliphatic hydroxyl groups excluding tert-OH is 2. The summed E-state index contributed by atoms with van der Waals surface area (Å²) in [4.78, 5) is 24.5. The van der Waals surface area contributed by atoms with Crippen molar-refractivity contribution in [1.82, 2.24) is 5.32 Å². The third-order valence-corrected chi connectivity index (χ3v) is 15.5.